The van der Waals surface area contributed by atoms with E-state index in [9.17, 15) is 18.4 Å². The van der Waals surface area contributed by atoms with E-state index in [-0.39, 0.29) is 31.6 Å². The zero-order valence-electron chi connectivity index (χ0n) is 12.5. The summed E-state index contributed by atoms with van der Waals surface area (Å²) in [5, 5.41) is 1.66. The molecular formula is C14H22ClF2NO3. The SMILES string of the molecule is CC(C)(C)NC(=O)OCC(=O)[C@@H](Cl)C1CCC(F)(F)CC1. The molecule has 0 aliphatic heterocycles. The Morgan fingerprint density at radius 3 is 2.33 bits per heavy atom. The molecule has 7 heteroatoms. The van der Waals surface area contributed by atoms with Gasteiger partial charge in [0.25, 0.3) is 0 Å². The summed E-state index contributed by atoms with van der Waals surface area (Å²) >= 11 is 6.01. The van der Waals surface area contributed by atoms with Crippen LogP contribution in [-0.2, 0) is 9.53 Å². The molecule has 1 rings (SSSR count). The Kier molecular flexibility index (Phi) is 5.96. The second-order valence-corrected chi connectivity index (χ2v) is 6.98. The monoisotopic (exact) mass is 325 g/mol. The second kappa shape index (κ2) is 6.90. The van der Waals surface area contributed by atoms with Gasteiger partial charge in [0.1, 0.15) is 0 Å². The highest BCUT2D eigenvalue weighted by Crippen LogP contribution is 2.38. The van der Waals surface area contributed by atoms with Gasteiger partial charge in [-0.1, -0.05) is 0 Å². The highest BCUT2D eigenvalue weighted by atomic mass is 35.5. The minimum Gasteiger partial charge on any atom is -0.441 e. The number of nitrogens with one attached hydrogen (secondary N) is 1. The maximum atomic E-state index is 13.0. The average molecular weight is 326 g/mol. The number of alkyl halides is 3. The summed E-state index contributed by atoms with van der Waals surface area (Å²) in [6, 6.07) is 0. The van der Waals surface area contributed by atoms with Crippen molar-refractivity contribution in [2.75, 3.05) is 6.61 Å². The lowest BCUT2D eigenvalue weighted by atomic mass is 9.83. The van der Waals surface area contributed by atoms with Gasteiger partial charge in [-0.05, 0) is 39.5 Å². The lowest BCUT2D eigenvalue weighted by Gasteiger charge is -2.30. The standard InChI is InChI=1S/C14H22ClF2NO3/c1-13(2,3)18-12(20)21-8-10(19)11(15)9-4-6-14(16,17)7-5-9/h9,11H,4-8H2,1-3H3,(H,18,20)/t11-/m0/s1. The third kappa shape index (κ3) is 6.59. The normalized spacial score (nSPS) is 20.7. The predicted octanol–water partition coefficient (Wildman–Crippen LogP) is 3.51. The Labute approximate surface area is 128 Å². The number of halogens is 3. The zero-order chi connectivity index (χ0) is 16.3. The van der Waals surface area contributed by atoms with Gasteiger partial charge in [0.2, 0.25) is 5.92 Å². The number of ether oxygens (including phenoxy) is 1. The molecule has 1 atom stereocenters. The molecule has 0 unspecified atom stereocenters. The van der Waals surface area contributed by atoms with Crippen molar-refractivity contribution in [1.29, 1.82) is 0 Å². The van der Waals surface area contributed by atoms with Crippen LogP contribution in [0.2, 0.25) is 0 Å². The average Bonchev–Trinajstić information content (AvgIpc) is 2.33. The molecule has 4 nitrogen and oxygen atoms in total. The first kappa shape index (κ1) is 18.1. The Bertz CT molecular complexity index is 386. The van der Waals surface area contributed by atoms with Crippen molar-refractivity contribution in [1.82, 2.24) is 5.32 Å². The summed E-state index contributed by atoms with van der Waals surface area (Å²) in [5.41, 5.74) is -0.463. The molecule has 0 bridgehead atoms. The molecule has 1 aliphatic rings. The predicted molar refractivity (Wildman–Crippen MR) is 75.8 cm³/mol. The van der Waals surface area contributed by atoms with Crippen LogP contribution in [0.4, 0.5) is 13.6 Å². The summed E-state index contributed by atoms with van der Waals surface area (Å²) in [6.07, 6.45) is -0.781. The summed E-state index contributed by atoms with van der Waals surface area (Å²) < 4.78 is 30.9. The summed E-state index contributed by atoms with van der Waals surface area (Å²) in [6.45, 7) is 4.90. The summed E-state index contributed by atoms with van der Waals surface area (Å²) in [7, 11) is 0. The number of rotatable bonds is 4. The van der Waals surface area contributed by atoms with Gasteiger partial charge in [-0.15, -0.1) is 11.6 Å². The van der Waals surface area contributed by atoms with Crippen molar-refractivity contribution in [3.63, 3.8) is 0 Å². The number of amides is 1. The maximum Gasteiger partial charge on any atom is 0.407 e. The number of ketones is 1. The highest BCUT2D eigenvalue weighted by Gasteiger charge is 2.39. The first-order chi connectivity index (χ1) is 9.50. The molecule has 0 saturated heterocycles. The van der Waals surface area contributed by atoms with Gasteiger partial charge in [-0.2, -0.15) is 0 Å². The number of alkyl carbamates (subject to hydrolysis) is 1. The molecular weight excluding hydrogens is 304 g/mol. The van der Waals surface area contributed by atoms with Crippen LogP contribution in [0.25, 0.3) is 0 Å². The first-order valence-corrected chi connectivity index (χ1v) is 7.43. The molecule has 122 valence electrons. The molecule has 1 amide bonds. The van der Waals surface area contributed by atoms with Crippen molar-refractivity contribution in [2.45, 2.75) is 63.3 Å². The van der Waals surface area contributed by atoms with Crippen LogP contribution in [0, 0.1) is 5.92 Å². The van der Waals surface area contributed by atoms with E-state index in [2.05, 4.69) is 5.32 Å². The lowest BCUT2D eigenvalue weighted by molar-refractivity contribution is -0.123. The smallest absolute Gasteiger partial charge is 0.407 e. The van der Waals surface area contributed by atoms with Crippen molar-refractivity contribution in [2.24, 2.45) is 5.92 Å². The van der Waals surface area contributed by atoms with Gasteiger partial charge in [0.15, 0.2) is 12.4 Å². The fourth-order valence-corrected chi connectivity index (χ4v) is 2.49. The zero-order valence-corrected chi connectivity index (χ0v) is 13.3. The van der Waals surface area contributed by atoms with E-state index in [1.807, 2.05) is 0 Å². The fourth-order valence-electron chi connectivity index (χ4n) is 2.18. The highest BCUT2D eigenvalue weighted by molar-refractivity contribution is 6.31. The van der Waals surface area contributed by atoms with Crippen LogP contribution >= 0.6 is 11.6 Å². The topological polar surface area (TPSA) is 55.4 Å². The molecule has 1 N–H and O–H groups in total. The van der Waals surface area contributed by atoms with E-state index in [1.54, 1.807) is 20.8 Å². The quantitative estimate of drug-likeness (QED) is 0.805. The molecule has 1 fully saturated rings. The van der Waals surface area contributed by atoms with Crippen LogP contribution < -0.4 is 5.32 Å². The second-order valence-electron chi connectivity index (χ2n) is 6.51. The van der Waals surface area contributed by atoms with Crippen LogP contribution in [0.15, 0.2) is 0 Å². The molecule has 0 aromatic carbocycles. The van der Waals surface area contributed by atoms with Crippen LogP contribution in [-0.4, -0.2) is 35.3 Å². The molecule has 1 saturated carbocycles. The van der Waals surface area contributed by atoms with Gasteiger partial charge in [-0.3, -0.25) is 4.79 Å². The first-order valence-electron chi connectivity index (χ1n) is 7.00. The summed E-state index contributed by atoms with van der Waals surface area (Å²) in [4.78, 5) is 23.3. The van der Waals surface area contributed by atoms with Crippen LogP contribution in [0.3, 0.4) is 0 Å². The largest absolute Gasteiger partial charge is 0.441 e. The number of carbonyl (C=O) groups is 2. The molecule has 0 aromatic heterocycles. The van der Waals surface area contributed by atoms with Gasteiger partial charge in [0.05, 0.1) is 5.38 Å². The van der Waals surface area contributed by atoms with Gasteiger partial charge in [0, 0.05) is 18.4 Å². The van der Waals surface area contributed by atoms with E-state index in [0.717, 1.165) is 0 Å². The Balaban J connectivity index is 2.37. The molecule has 0 spiro atoms. The minimum atomic E-state index is -2.65. The Morgan fingerprint density at radius 2 is 1.86 bits per heavy atom. The van der Waals surface area contributed by atoms with Gasteiger partial charge < -0.3 is 10.1 Å². The van der Waals surface area contributed by atoms with E-state index >= 15 is 0 Å². The van der Waals surface area contributed by atoms with Gasteiger partial charge >= 0.3 is 6.09 Å². The molecule has 0 heterocycles. The fraction of sp³-hybridized carbons (Fsp3) is 0.857. The molecule has 0 aromatic rings. The summed E-state index contributed by atoms with van der Waals surface area (Å²) in [5.74, 6) is -3.39. The van der Waals surface area contributed by atoms with Crippen LogP contribution in [0.5, 0.6) is 0 Å². The van der Waals surface area contributed by atoms with E-state index < -0.39 is 35.3 Å². The maximum absolute atomic E-state index is 13.0. The van der Waals surface area contributed by atoms with Crippen molar-refractivity contribution < 1.29 is 23.1 Å². The van der Waals surface area contributed by atoms with Crippen molar-refractivity contribution in [3.8, 4) is 0 Å². The third-order valence-corrected chi connectivity index (χ3v) is 3.91. The van der Waals surface area contributed by atoms with E-state index in [1.165, 1.54) is 0 Å². The Hall–Kier alpha value is -0.910. The molecule has 0 radical (unpaired) electrons. The number of hydrogen-bond acceptors (Lipinski definition) is 3. The van der Waals surface area contributed by atoms with Crippen LogP contribution in [0.1, 0.15) is 46.5 Å². The van der Waals surface area contributed by atoms with E-state index in [4.69, 9.17) is 16.3 Å². The number of hydrogen-bond donors (Lipinski definition) is 1. The van der Waals surface area contributed by atoms with Crippen molar-refractivity contribution >= 4 is 23.5 Å². The molecule has 1 aliphatic carbocycles. The lowest BCUT2D eigenvalue weighted by Crippen LogP contribution is -2.42. The number of carbonyl (C=O) groups excluding carboxylic acids is 2. The number of Topliss-reactive ketones (excluding diaryl/α,β-unsaturated/α-hetero) is 1. The van der Waals surface area contributed by atoms with Crippen molar-refractivity contribution in [3.05, 3.63) is 0 Å². The Morgan fingerprint density at radius 1 is 1.33 bits per heavy atom. The van der Waals surface area contributed by atoms with Gasteiger partial charge in [-0.25, -0.2) is 13.6 Å². The molecule has 21 heavy (non-hydrogen) atoms. The third-order valence-electron chi connectivity index (χ3n) is 3.31. The van der Waals surface area contributed by atoms with E-state index in [0.29, 0.717) is 0 Å². The minimum absolute atomic E-state index is 0.209.